The summed E-state index contributed by atoms with van der Waals surface area (Å²) < 4.78 is 35.5. The lowest BCUT2D eigenvalue weighted by atomic mass is 9.98. The Balaban J connectivity index is 1.89. The molecule has 1 fully saturated rings. The van der Waals surface area contributed by atoms with Crippen LogP contribution in [0.15, 0.2) is 18.3 Å². The first kappa shape index (κ1) is 25.8. The molecule has 0 aromatic carbocycles. The van der Waals surface area contributed by atoms with Gasteiger partial charge in [0.25, 0.3) is 0 Å². The molecule has 1 amide bonds. The maximum absolute atomic E-state index is 14.2. The number of fused-ring (bicyclic) bond motifs is 1. The van der Waals surface area contributed by atoms with E-state index in [2.05, 4.69) is 30.1 Å². The molecule has 4 rings (SSSR count). The molecule has 194 valence electrons. The van der Waals surface area contributed by atoms with E-state index in [0.717, 1.165) is 25.3 Å². The van der Waals surface area contributed by atoms with Crippen LogP contribution in [-0.4, -0.2) is 82.0 Å². The van der Waals surface area contributed by atoms with Crippen molar-refractivity contribution >= 4 is 28.4 Å². The number of rotatable bonds is 8. The number of nitrogens with zero attached hydrogens (tertiary/aromatic N) is 7. The average Bonchev–Trinajstić information content (AvgIpc) is 3.40. The van der Waals surface area contributed by atoms with Gasteiger partial charge in [-0.25, -0.2) is 19.6 Å². The Morgan fingerprint density at radius 1 is 1.31 bits per heavy atom. The number of hydrogen-bond acceptors (Lipinski definition) is 8. The highest BCUT2D eigenvalue weighted by atomic mass is 19.3. The van der Waals surface area contributed by atoms with Gasteiger partial charge in [-0.3, -0.25) is 9.69 Å². The number of carbonyl (C=O) groups is 1. The summed E-state index contributed by atoms with van der Waals surface area (Å²) in [4.78, 5) is 28.5. The number of aryl methyl sites for hydroxylation is 1. The number of halogens is 2. The lowest BCUT2D eigenvalue weighted by Gasteiger charge is -2.35. The van der Waals surface area contributed by atoms with Crippen molar-refractivity contribution in [2.24, 2.45) is 0 Å². The number of aromatic nitrogens is 5. The molecular weight excluding hydrogens is 470 g/mol. The predicted octanol–water partition coefficient (Wildman–Crippen LogP) is 3.00. The number of alkyl halides is 2. The Morgan fingerprint density at radius 3 is 2.67 bits per heavy atom. The van der Waals surface area contributed by atoms with E-state index in [9.17, 15) is 13.6 Å². The monoisotopic (exact) mass is 502 g/mol. The summed E-state index contributed by atoms with van der Waals surface area (Å²) in [7, 11) is 5.74. The summed E-state index contributed by atoms with van der Waals surface area (Å²) in [5, 5.41) is 8.24. The Bertz CT molecular complexity index is 1270. The Hall–Kier alpha value is -3.25. The largest absolute Gasteiger partial charge is 0.383 e. The highest BCUT2D eigenvalue weighted by Gasteiger charge is 2.41. The number of hydrogen-bond donors (Lipinski definition) is 1. The number of methoxy groups -OCH3 is 1. The van der Waals surface area contributed by atoms with Crippen molar-refractivity contribution in [3.8, 4) is 5.82 Å². The fourth-order valence-electron chi connectivity index (χ4n) is 4.54. The molecule has 1 unspecified atom stereocenters. The van der Waals surface area contributed by atoms with Crippen LogP contribution in [-0.2, 0) is 21.9 Å². The number of ether oxygens (including phenoxy) is 1. The summed E-state index contributed by atoms with van der Waals surface area (Å²) in [6, 6.07) is 3.33. The summed E-state index contributed by atoms with van der Waals surface area (Å²) in [5.74, 6) is -2.83. The molecule has 12 heteroatoms. The number of pyridine rings is 1. The molecule has 4 heterocycles. The average molecular weight is 503 g/mol. The van der Waals surface area contributed by atoms with Crippen molar-refractivity contribution < 1.29 is 18.3 Å². The van der Waals surface area contributed by atoms with E-state index in [1.54, 1.807) is 25.4 Å². The molecule has 0 radical (unpaired) electrons. The molecule has 1 aliphatic rings. The maximum Gasteiger partial charge on any atom is 0.303 e. The van der Waals surface area contributed by atoms with E-state index in [1.807, 2.05) is 21.0 Å². The van der Waals surface area contributed by atoms with Gasteiger partial charge >= 0.3 is 5.92 Å². The predicted molar refractivity (Wildman–Crippen MR) is 133 cm³/mol. The number of nitrogens with one attached hydrogen (secondary N) is 1. The fourth-order valence-corrected chi connectivity index (χ4v) is 4.54. The van der Waals surface area contributed by atoms with Gasteiger partial charge in [0.1, 0.15) is 5.82 Å². The number of anilines is 2. The molecule has 0 saturated carbocycles. The van der Waals surface area contributed by atoms with Gasteiger partial charge in [-0.1, -0.05) is 6.92 Å². The molecule has 1 aliphatic heterocycles. The molecule has 1 atom stereocenters. The minimum Gasteiger partial charge on any atom is -0.383 e. The standard InChI is InChI=1S/C24H32F2N8O2/c1-7-16-10-20(30-22(29-16)23(3,25)26)34-18-11-19(28-15(2)35)27-12-17(18)21(31-34)33-9-8-24(13-33,14-36-6)32(4)5/h10-12H,7-9,13-14H2,1-6H3,(H,27,28,35). The molecule has 0 aliphatic carbocycles. The smallest absolute Gasteiger partial charge is 0.303 e. The van der Waals surface area contributed by atoms with Gasteiger partial charge in [0, 0.05) is 58.1 Å². The van der Waals surface area contributed by atoms with E-state index < -0.39 is 11.7 Å². The van der Waals surface area contributed by atoms with Crippen LogP contribution in [0, 0.1) is 0 Å². The quantitative estimate of drug-likeness (QED) is 0.502. The van der Waals surface area contributed by atoms with E-state index in [0.29, 0.717) is 42.4 Å². The minimum absolute atomic E-state index is 0.198. The number of amides is 1. The second-order valence-electron chi connectivity index (χ2n) is 9.51. The van der Waals surface area contributed by atoms with Crippen LogP contribution >= 0.6 is 0 Å². The second-order valence-corrected chi connectivity index (χ2v) is 9.51. The van der Waals surface area contributed by atoms with Crippen molar-refractivity contribution in [1.29, 1.82) is 0 Å². The van der Waals surface area contributed by atoms with Crippen LogP contribution in [0.5, 0.6) is 0 Å². The highest BCUT2D eigenvalue weighted by molar-refractivity contribution is 5.95. The molecule has 36 heavy (non-hydrogen) atoms. The highest BCUT2D eigenvalue weighted by Crippen LogP contribution is 2.36. The third-order valence-electron chi connectivity index (χ3n) is 6.58. The summed E-state index contributed by atoms with van der Waals surface area (Å²) in [6.07, 6.45) is 2.96. The van der Waals surface area contributed by atoms with E-state index in [1.165, 1.54) is 11.6 Å². The molecule has 1 N–H and O–H groups in total. The third kappa shape index (κ3) is 4.87. The van der Waals surface area contributed by atoms with Crippen LogP contribution in [0.4, 0.5) is 20.4 Å². The molecule has 3 aromatic heterocycles. The van der Waals surface area contributed by atoms with Crippen molar-refractivity contribution in [3.63, 3.8) is 0 Å². The SMILES string of the molecule is CCc1cc(-n2nc(N3CCC(COC)(N(C)C)C3)c3cnc(NC(C)=O)cc32)nc(C(C)(F)F)n1. The van der Waals surface area contributed by atoms with Crippen LogP contribution < -0.4 is 10.2 Å². The van der Waals surface area contributed by atoms with Gasteiger partial charge in [-0.2, -0.15) is 8.78 Å². The van der Waals surface area contributed by atoms with Crippen molar-refractivity contribution in [2.75, 3.05) is 51.1 Å². The first-order valence-corrected chi connectivity index (χ1v) is 11.8. The minimum atomic E-state index is -3.21. The number of carbonyl (C=O) groups excluding carboxylic acids is 1. The van der Waals surface area contributed by atoms with Crippen molar-refractivity contribution in [1.82, 2.24) is 29.6 Å². The summed E-state index contributed by atoms with van der Waals surface area (Å²) in [6.45, 7) is 5.96. The van der Waals surface area contributed by atoms with E-state index >= 15 is 0 Å². The third-order valence-corrected chi connectivity index (χ3v) is 6.58. The summed E-state index contributed by atoms with van der Waals surface area (Å²) in [5.41, 5.74) is 0.866. The van der Waals surface area contributed by atoms with Gasteiger partial charge in [0.15, 0.2) is 11.6 Å². The van der Waals surface area contributed by atoms with Crippen LogP contribution in [0.1, 0.15) is 38.7 Å². The van der Waals surface area contributed by atoms with Crippen LogP contribution in [0.2, 0.25) is 0 Å². The van der Waals surface area contributed by atoms with Gasteiger partial charge in [-0.05, 0) is 26.9 Å². The van der Waals surface area contributed by atoms with Crippen LogP contribution in [0.25, 0.3) is 16.7 Å². The molecule has 3 aromatic rings. The zero-order valence-corrected chi connectivity index (χ0v) is 21.5. The Morgan fingerprint density at radius 2 is 2.06 bits per heavy atom. The molecular formula is C24H32F2N8O2. The van der Waals surface area contributed by atoms with Crippen LogP contribution in [0.3, 0.4) is 0 Å². The lowest BCUT2D eigenvalue weighted by molar-refractivity contribution is -0.114. The van der Waals surface area contributed by atoms with Crippen molar-refractivity contribution in [3.05, 3.63) is 29.8 Å². The lowest BCUT2D eigenvalue weighted by Crippen LogP contribution is -2.50. The maximum atomic E-state index is 14.2. The molecule has 10 nitrogen and oxygen atoms in total. The van der Waals surface area contributed by atoms with Gasteiger partial charge in [0.2, 0.25) is 11.7 Å². The molecule has 1 saturated heterocycles. The Kier molecular flexibility index (Phi) is 6.93. The summed E-state index contributed by atoms with van der Waals surface area (Å²) >= 11 is 0. The molecule has 0 bridgehead atoms. The van der Waals surface area contributed by atoms with Gasteiger partial charge in [-0.15, -0.1) is 5.10 Å². The van der Waals surface area contributed by atoms with Gasteiger partial charge in [0.05, 0.1) is 23.0 Å². The van der Waals surface area contributed by atoms with E-state index in [-0.39, 0.29) is 17.3 Å². The molecule has 0 spiro atoms. The zero-order chi connectivity index (χ0) is 26.3. The second kappa shape index (κ2) is 9.66. The van der Waals surface area contributed by atoms with E-state index in [4.69, 9.17) is 9.84 Å². The number of likely N-dealkylation sites (N-methyl/N-ethyl adjacent to an activating group) is 1. The topological polar surface area (TPSA) is 101 Å². The normalized spacial score (nSPS) is 18.4. The fraction of sp³-hybridized carbons (Fsp3) is 0.542. The first-order chi connectivity index (χ1) is 17.0. The Labute approximate surface area is 208 Å². The van der Waals surface area contributed by atoms with Gasteiger partial charge < -0.3 is 15.0 Å². The first-order valence-electron chi connectivity index (χ1n) is 11.8. The zero-order valence-electron chi connectivity index (χ0n) is 21.5. The van der Waals surface area contributed by atoms with Crippen molar-refractivity contribution in [2.45, 2.75) is 45.1 Å².